The summed E-state index contributed by atoms with van der Waals surface area (Å²) >= 11 is 0. The largest absolute Gasteiger partial charge is 0.461 e. The van der Waals surface area contributed by atoms with Crippen LogP contribution in [-0.4, -0.2) is 18.4 Å². The third-order valence-corrected chi connectivity index (χ3v) is 7.81. The van der Waals surface area contributed by atoms with Gasteiger partial charge < -0.3 is 10.1 Å². The molecule has 4 atom stereocenters. The molecule has 176 valence electrons. The average molecular weight is 461 g/mol. The Morgan fingerprint density at radius 1 is 1.06 bits per heavy atom. The molecule has 0 heterocycles. The van der Waals surface area contributed by atoms with E-state index in [4.69, 9.17) is 0 Å². The van der Waals surface area contributed by atoms with E-state index >= 15 is 0 Å². The van der Waals surface area contributed by atoms with E-state index in [-0.39, 0.29) is 17.0 Å². The summed E-state index contributed by atoms with van der Waals surface area (Å²) in [6.45, 7) is 2.06. The number of nitrogens with one attached hydrogen (secondary N) is 1. The van der Waals surface area contributed by atoms with Crippen LogP contribution in [0, 0.1) is 24.2 Å². The highest BCUT2D eigenvalue weighted by Gasteiger charge is 2.60. The second-order valence-corrected chi connectivity index (χ2v) is 10.3. The number of rotatable bonds is 6. The summed E-state index contributed by atoms with van der Waals surface area (Å²) in [5.74, 6) is 0.431. The van der Waals surface area contributed by atoms with E-state index in [9.17, 15) is 22.4 Å². The maximum absolute atomic E-state index is 13.6. The van der Waals surface area contributed by atoms with Gasteiger partial charge in [0.15, 0.2) is 0 Å². The SMILES string of the molecule is Cc1ccc(C23C[C@@H]4C[C@@H](CC(C(=O)Nc5cccc(OC(F)(F)C(F)F)c5)(C4)C2)C3)cc1. The van der Waals surface area contributed by atoms with Gasteiger partial charge in [-0.3, -0.25) is 4.79 Å². The molecule has 4 fully saturated rings. The van der Waals surface area contributed by atoms with Crippen molar-refractivity contribution in [2.75, 3.05) is 5.32 Å². The Morgan fingerprint density at radius 2 is 1.73 bits per heavy atom. The third kappa shape index (κ3) is 4.00. The number of carbonyl (C=O) groups is 1. The first-order valence-electron chi connectivity index (χ1n) is 11.4. The summed E-state index contributed by atoms with van der Waals surface area (Å²) in [7, 11) is 0. The highest BCUT2D eigenvalue weighted by atomic mass is 19.3. The molecule has 4 aliphatic carbocycles. The van der Waals surface area contributed by atoms with Gasteiger partial charge in [0.1, 0.15) is 5.75 Å². The number of alkyl halides is 4. The molecule has 33 heavy (non-hydrogen) atoms. The molecule has 0 aromatic heterocycles. The Morgan fingerprint density at radius 3 is 2.36 bits per heavy atom. The molecule has 0 aliphatic heterocycles. The molecule has 1 N–H and O–H groups in total. The van der Waals surface area contributed by atoms with Crippen molar-refractivity contribution < 1.29 is 27.1 Å². The maximum atomic E-state index is 13.6. The Bertz CT molecular complexity index is 1040. The van der Waals surface area contributed by atoms with Crippen LogP contribution < -0.4 is 10.1 Å². The summed E-state index contributed by atoms with van der Waals surface area (Å²) < 4.78 is 55.8. The smallest absolute Gasteiger partial charge is 0.428 e. The summed E-state index contributed by atoms with van der Waals surface area (Å²) in [4.78, 5) is 13.6. The summed E-state index contributed by atoms with van der Waals surface area (Å²) in [5.41, 5.74) is 2.24. The van der Waals surface area contributed by atoms with Crippen LogP contribution >= 0.6 is 0 Å². The van der Waals surface area contributed by atoms with Gasteiger partial charge in [0, 0.05) is 11.8 Å². The van der Waals surface area contributed by atoms with Gasteiger partial charge in [0.2, 0.25) is 5.91 Å². The molecular formula is C26H27F4NO2. The minimum atomic E-state index is -4.59. The highest BCUT2D eigenvalue weighted by Crippen LogP contribution is 2.66. The van der Waals surface area contributed by atoms with Gasteiger partial charge in [0.25, 0.3) is 0 Å². The van der Waals surface area contributed by atoms with Crippen LogP contribution in [0.2, 0.25) is 0 Å². The number of benzene rings is 2. The monoisotopic (exact) mass is 461 g/mol. The van der Waals surface area contributed by atoms with Crippen molar-refractivity contribution in [2.24, 2.45) is 17.3 Å². The second kappa shape index (κ2) is 7.74. The number of aryl methyl sites for hydroxylation is 1. The van der Waals surface area contributed by atoms with Crippen LogP contribution in [0.5, 0.6) is 5.75 Å². The Hall–Kier alpha value is -2.57. The minimum absolute atomic E-state index is 0.0145. The number of halogens is 4. The normalized spacial score (nSPS) is 30.5. The fourth-order valence-electron chi connectivity index (χ4n) is 6.88. The first-order chi connectivity index (χ1) is 15.6. The number of anilines is 1. The number of carbonyl (C=O) groups excluding carboxylic acids is 1. The van der Waals surface area contributed by atoms with Gasteiger partial charge in [-0.25, -0.2) is 0 Å². The van der Waals surface area contributed by atoms with E-state index in [0.717, 1.165) is 38.5 Å². The van der Waals surface area contributed by atoms with Gasteiger partial charge >= 0.3 is 12.5 Å². The third-order valence-electron chi connectivity index (χ3n) is 7.81. The lowest BCUT2D eigenvalue weighted by molar-refractivity contribution is -0.253. The highest BCUT2D eigenvalue weighted by molar-refractivity contribution is 5.96. The van der Waals surface area contributed by atoms with Crippen molar-refractivity contribution in [2.45, 2.75) is 63.4 Å². The Kier molecular flexibility index (Phi) is 5.22. The fourth-order valence-corrected chi connectivity index (χ4v) is 6.88. The quantitative estimate of drug-likeness (QED) is 0.486. The lowest BCUT2D eigenvalue weighted by Crippen LogP contribution is -2.57. The van der Waals surface area contributed by atoms with Crippen molar-refractivity contribution in [3.05, 3.63) is 59.7 Å². The van der Waals surface area contributed by atoms with Crippen LogP contribution in [0.25, 0.3) is 0 Å². The van der Waals surface area contributed by atoms with Crippen molar-refractivity contribution >= 4 is 11.6 Å². The van der Waals surface area contributed by atoms with Gasteiger partial charge in [-0.15, -0.1) is 0 Å². The zero-order chi connectivity index (χ0) is 23.4. The van der Waals surface area contributed by atoms with E-state index in [0.29, 0.717) is 11.8 Å². The molecular weight excluding hydrogens is 434 g/mol. The molecule has 2 aromatic carbocycles. The maximum Gasteiger partial charge on any atom is 0.461 e. The molecule has 4 aliphatic rings. The van der Waals surface area contributed by atoms with Gasteiger partial charge in [-0.1, -0.05) is 35.9 Å². The van der Waals surface area contributed by atoms with Crippen molar-refractivity contribution in [1.29, 1.82) is 0 Å². The zero-order valence-corrected chi connectivity index (χ0v) is 18.4. The van der Waals surface area contributed by atoms with Gasteiger partial charge in [0.05, 0.1) is 5.41 Å². The van der Waals surface area contributed by atoms with Crippen molar-refractivity contribution in [1.82, 2.24) is 0 Å². The van der Waals surface area contributed by atoms with Crippen LogP contribution in [0.3, 0.4) is 0 Å². The predicted molar refractivity (Wildman–Crippen MR) is 117 cm³/mol. The van der Waals surface area contributed by atoms with E-state index in [1.807, 2.05) is 0 Å². The van der Waals surface area contributed by atoms with Crippen LogP contribution in [-0.2, 0) is 10.2 Å². The molecule has 3 nitrogen and oxygen atoms in total. The average Bonchev–Trinajstić information content (AvgIpc) is 2.73. The zero-order valence-electron chi connectivity index (χ0n) is 18.4. The van der Waals surface area contributed by atoms with E-state index in [2.05, 4.69) is 41.2 Å². The van der Waals surface area contributed by atoms with Crippen molar-refractivity contribution in [3.63, 3.8) is 0 Å². The lowest BCUT2D eigenvalue weighted by atomic mass is 9.42. The summed E-state index contributed by atoms with van der Waals surface area (Å²) in [5, 5.41) is 2.88. The topological polar surface area (TPSA) is 38.3 Å². The number of hydrogen-bond donors (Lipinski definition) is 1. The number of hydrogen-bond acceptors (Lipinski definition) is 2. The summed E-state index contributed by atoms with van der Waals surface area (Å²) in [6.07, 6.45) is -2.80. The van der Waals surface area contributed by atoms with Crippen LogP contribution in [0.4, 0.5) is 23.2 Å². The Labute approximate surface area is 190 Å². The Balaban J connectivity index is 1.38. The molecule has 2 unspecified atom stereocenters. The lowest BCUT2D eigenvalue weighted by Gasteiger charge is -2.61. The predicted octanol–water partition coefficient (Wildman–Crippen LogP) is 6.71. The van der Waals surface area contributed by atoms with Gasteiger partial charge in [-0.2, -0.15) is 17.6 Å². The minimum Gasteiger partial charge on any atom is -0.428 e. The van der Waals surface area contributed by atoms with Gasteiger partial charge in [-0.05, 0) is 80.4 Å². The molecule has 1 amide bonds. The molecule has 0 saturated heterocycles. The van der Waals surface area contributed by atoms with Crippen molar-refractivity contribution in [3.8, 4) is 5.75 Å². The molecule has 0 spiro atoms. The molecule has 2 aromatic rings. The standard InChI is InChI=1S/C26H27F4NO2/c1-16-5-7-19(8-6-16)24-11-17-9-18(12-24)14-25(13-17,15-24)23(32)31-20-3-2-4-21(10-20)33-26(29,30)22(27)28/h2-8,10,17-18,22H,9,11-15H2,1H3,(H,31,32)/t17-,18+,24?,25?. The first-order valence-corrected chi connectivity index (χ1v) is 11.4. The number of amides is 1. The van der Waals surface area contributed by atoms with E-state index in [1.165, 1.54) is 29.3 Å². The molecule has 7 heteroatoms. The fraction of sp³-hybridized carbons (Fsp3) is 0.500. The van der Waals surface area contributed by atoms with Crippen LogP contribution in [0.15, 0.2) is 48.5 Å². The van der Waals surface area contributed by atoms with Crippen LogP contribution in [0.1, 0.15) is 49.7 Å². The molecule has 4 bridgehead atoms. The summed E-state index contributed by atoms with van der Waals surface area (Å²) in [6, 6.07) is 13.9. The molecule has 0 radical (unpaired) electrons. The second-order valence-electron chi connectivity index (χ2n) is 10.3. The molecule has 4 saturated carbocycles. The van der Waals surface area contributed by atoms with E-state index < -0.39 is 23.7 Å². The number of ether oxygens (including phenoxy) is 1. The first kappa shape index (κ1) is 22.2. The van der Waals surface area contributed by atoms with E-state index in [1.54, 1.807) is 6.07 Å². The molecule has 6 rings (SSSR count).